The molecule has 1 fully saturated rings. The summed E-state index contributed by atoms with van der Waals surface area (Å²) < 4.78 is 5.72. The maximum Gasteiger partial charge on any atom is 0.0616 e. The molecule has 0 spiro atoms. The van der Waals surface area contributed by atoms with Gasteiger partial charge in [-0.25, -0.2) is 0 Å². The molecule has 1 aromatic heterocycles. The molecule has 0 saturated carbocycles. The molecule has 1 saturated heterocycles. The molecule has 17 heavy (non-hydrogen) atoms. The predicted octanol–water partition coefficient (Wildman–Crippen LogP) is 3.00. The van der Waals surface area contributed by atoms with Crippen molar-refractivity contribution >= 4 is 11.3 Å². The summed E-state index contributed by atoms with van der Waals surface area (Å²) >= 11 is 1.91. The van der Waals surface area contributed by atoms with Gasteiger partial charge in [-0.05, 0) is 37.8 Å². The second-order valence-electron chi connectivity index (χ2n) is 4.86. The number of aryl methyl sites for hydroxylation is 1. The molecule has 3 heteroatoms. The Bertz CT molecular complexity index is 350. The fourth-order valence-corrected chi connectivity index (χ4v) is 3.71. The van der Waals surface area contributed by atoms with Crippen LogP contribution < -0.4 is 5.73 Å². The summed E-state index contributed by atoms with van der Waals surface area (Å²) in [4.78, 5) is 2.89. The number of hydrogen-bond acceptors (Lipinski definition) is 3. The van der Waals surface area contributed by atoms with E-state index >= 15 is 0 Å². The van der Waals surface area contributed by atoms with E-state index in [9.17, 15) is 0 Å². The average molecular weight is 253 g/mol. The molecule has 96 valence electrons. The number of hydrogen-bond donors (Lipinski definition) is 1. The zero-order chi connectivity index (χ0) is 12.3. The van der Waals surface area contributed by atoms with Crippen LogP contribution in [0.4, 0.5) is 0 Å². The van der Waals surface area contributed by atoms with E-state index in [2.05, 4.69) is 26.0 Å². The van der Waals surface area contributed by atoms with Crippen LogP contribution in [-0.4, -0.2) is 18.8 Å². The van der Waals surface area contributed by atoms with Crippen LogP contribution in [0.2, 0.25) is 0 Å². The fraction of sp³-hybridized carbons (Fsp3) is 0.714. The van der Waals surface area contributed by atoms with E-state index in [1.165, 1.54) is 9.75 Å². The number of rotatable bonds is 5. The lowest BCUT2D eigenvalue weighted by Gasteiger charge is -2.23. The third-order valence-corrected chi connectivity index (χ3v) is 4.97. The molecule has 2 nitrogen and oxygen atoms in total. The van der Waals surface area contributed by atoms with Crippen LogP contribution in [0.1, 0.15) is 36.4 Å². The molecule has 2 rings (SSSR count). The van der Waals surface area contributed by atoms with Crippen LogP contribution in [0, 0.1) is 5.92 Å². The van der Waals surface area contributed by atoms with Gasteiger partial charge in [-0.3, -0.25) is 0 Å². The summed E-state index contributed by atoms with van der Waals surface area (Å²) in [5.41, 5.74) is 6.35. The van der Waals surface area contributed by atoms with Gasteiger partial charge in [-0.1, -0.05) is 13.8 Å². The molecule has 0 aliphatic carbocycles. The minimum atomic E-state index is 0.255. The molecule has 0 radical (unpaired) electrons. The Kier molecular flexibility index (Phi) is 4.60. The van der Waals surface area contributed by atoms with E-state index in [1.54, 1.807) is 0 Å². The topological polar surface area (TPSA) is 35.2 Å². The van der Waals surface area contributed by atoms with Crippen LogP contribution >= 0.6 is 11.3 Å². The second kappa shape index (κ2) is 5.98. The maximum absolute atomic E-state index is 6.35. The molecular weight excluding hydrogens is 230 g/mol. The van der Waals surface area contributed by atoms with Gasteiger partial charge in [0.15, 0.2) is 0 Å². The first-order valence-electron chi connectivity index (χ1n) is 6.69. The highest BCUT2D eigenvalue weighted by atomic mass is 32.1. The van der Waals surface area contributed by atoms with Gasteiger partial charge < -0.3 is 10.5 Å². The Labute approximate surface area is 108 Å². The van der Waals surface area contributed by atoms with Gasteiger partial charge in [0.2, 0.25) is 0 Å². The summed E-state index contributed by atoms with van der Waals surface area (Å²) in [5.74, 6) is 0.548. The monoisotopic (exact) mass is 253 g/mol. The molecule has 3 atom stereocenters. The first-order chi connectivity index (χ1) is 8.24. The molecule has 0 aromatic carbocycles. The molecule has 1 aliphatic rings. The van der Waals surface area contributed by atoms with Gasteiger partial charge in [-0.15, -0.1) is 11.3 Å². The minimum Gasteiger partial charge on any atom is -0.378 e. The van der Waals surface area contributed by atoms with Crippen molar-refractivity contribution in [2.75, 3.05) is 6.61 Å². The van der Waals surface area contributed by atoms with Crippen molar-refractivity contribution in [2.24, 2.45) is 11.7 Å². The largest absolute Gasteiger partial charge is 0.378 e. The Balaban J connectivity index is 1.93. The first kappa shape index (κ1) is 13.1. The summed E-state index contributed by atoms with van der Waals surface area (Å²) in [7, 11) is 0. The second-order valence-corrected chi connectivity index (χ2v) is 6.11. The van der Waals surface area contributed by atoms with E-state index < -0.39 is 0 Å². The highest BCUT2D eigenvalue weighted by molar-refractivity contribution is 7.11. The van der Waals surface area contributed by atoms with Crippen molar-refractivity contribution in [3.8, 4) is 0 Å². The first-order valence-corrected chi connectivity index (χ1v) is 7.51. The number of nitrogens with two attached hydrogens (primary N) is 1. The molecule has 2 heterocycles. The lowest BCUT2D eigenvalue weighted by Crippen LogP contribution is -2.36. The standard InChI is InChI=1S/C14H23NOS/c1-3-10-5-6-11(17-10)9-13(15)12-7-8-16-14(12)4-2/h5-6,12-14H,3-4,7-9,15H2,1-2H3. The van der Waals surface area contributed by atoms with Crippen molar-refractivity contribution in [3.63, 3.8) is 0 Å². The highest BCUT2D eigenvalue weighted by Crippen LogP contribution is 2.28. The molecule has 3 unspecified atom stereocenters. The van der Waals surface area contributed by atoms with E-state index in [-0.39, 0.29) is 6.04 Å². The number of thiophene rings is 1. The zero-order valence-corrected chi connectivity index (χ0v) is 11.6. The number of ether oxygens (including phenoxy) is 1. The smallest absolute Gasteiger partial charge is 0.0616 e. The third-order valence-electron chi connectivity index (χ3n) is 3.72. The molecule has 1 aromatic rings. The van der Waals surface area contributed by atoms with Gasteiger partial charge in [0, 0.05) is 28.3 Å². The van der Waals surface area contributed by atoms with Crippen molar-refractivity contribution in [2.45, 2.75) is 51.7 Å². The summed E-state index contributed by atoms with van der Waals surface area (Å²) in [5, 5.41) is 0. The fourth-order valence-electron chi connectivity index (χ4n) is 2.68. The third kappa shape index (κ3) is 3.09. The van der Waals surface area contributed by atoms with Gasteiger partial charge in [0.1, 0.15) is 0 Å². The lowest BCUT2D eigenvalue weighted by molar-refractivity contribution is 0.0814. The summed E-state index contributed by atoms with van der Waals surface area (Å²) in [6.45, 7) is 5.28. The van der Waals surface area contributed by atoms with E-state index in [1.807, 2.05) is 11.3 Å². The highest BCUT2D eigenvalue weighted by Gasteiger charge is 2.31. The maximum atomic E-state index is 6.35. The molecule has 2 N–H and O–H groups in total. The van der Waals surface area contributed by atoms with Crippen LogP contribution in [0.3, 0.4) is 0 Å². The molecular formula is C14H23NOS. The predicted molar refractivity (Wildman–Crippen MR) is 73.5 cm³/mol. The lowest BCUT2D eigenvalue weighted by atomic mass is 9.89. The van der Waals surface area contributed by atoms with Crippen molar-refractivity contribution in [1.82, 2.24) is 0 Å². The minimum absolute atomic E-state index is 0.255. The van der Waals surface area contributed by atoms with Crippen LogP contribution in [-0.2, 0) is 17.6 Å². The van der Waals surface area contributed by atoms with Gasteiger partial charge in [-0.2, -0.15) is 0 Å². The molecule has 1 aliphatic heterocycles. The van der Waals surface area contributed by atoms with Crippen molar-refractivity contribution in [1.29, 1.82) is 0 Å². The van der Waals surface area contributed by atoms with Gasteiger partial charge >= 0.3 is 0 Å². The summed E-state index contributed by atoms with van der Waals surface area (Å²) in [6, 6.07) is 4.72. The average Bonchev–Trinajstić information content (AvgIpc) is 2.96. The zero-order valence-electron chi connectivity index (χ0n) is 10.8. The molecule has 0 bridgehead atoms. The normalized spacial score (nSPS) is 26.3. The molecule has 0 amide bonds. The Morgan fingerprint density at radius 2 is 2.18 bits per heavy atom. The Morgan fingerprint density at radius 1 is 1.41 bits per heavy atom. The quantitative estimate of drug-likeness (QED) is 0.875. The summed E-state index contributed by atoms with van der Waals surface area (Å²) in [6.07, 6.45) is 4.74. The van der Waals surface area contributed by atoms with Gasteiger partial charge in [0.05, 0.1) is 6.10 Å². The van der Waals surface area contributed by atoms with Crippen LogP contribution in [0.15, 0.2) is 12.1 Å². The Morgan fingerprint density at radius 3 is 2.82 bits per heavy atom. The van der Waals surface area contributed by atoms with Crippen molar-refractivity contribution < 1.29 is 4.74 Å². The van der Waals surface area contributed by atoms with Crippen molar-refractivity contribution in [3.05, 3.63) is 21.9 Å². The van der Waals surface area contributed by atoms with E-state index in [4.69, 9.17) is 10.5 Å². The van der Waals surface area contributed by atoms with E-state index in [0.29, 0.717) is 12.0 Å². The van der Waals surface area contributed by atoms with Crippen LogP contribution in [0.25, 0.3) is 0 Å². The SMILES string of the molecule is CCc1ccc(CC(N)C2CCOC2CC)s1. The van der Waals surface area contributed by atoms with Gasteiger partial charge in [0.25, 0.3) is 0 Å². The van der Waals surface area contributed by atoms with Crippen LogP contribution in [0.5, 0.6) is 0 Å². The Hall–Kier alpha value is -0.380. The van der Waals surface area contributed by atoms with E-state index in [0.717, 1.165) is 32.3 Å².